The summed E-state index contributed by atoms with van der Waals surface area (Å²) in [7, 11) is 1.60. The van der Waals surface area contributed by atoms with E-state index in [0.29, 0.717) is 19.6 Å². The van der Waals surface area contributed by atoms with Gasteiger partial charge in [0, 0.05) is 38.6 Å². The largest absolute Gasteiger partial charge is 0.392 e. The summed E-state index contributed by atoms with van der Waals surface area (Å²) < 4.78 is 5.03. The van der Waals surface area contributed by atoms with Gasteiger partial charge in [0.15, 0.2) is 0 Å². The predicted molar refractivity (Wildman–Crippen MR) is 125 cm³/mol. The molecule has 3 fully saturated rings. The molecule has 0 aromatic rings. The average Bonchev–Trinajstić information content (AvgIpc) is 3.27. The van der Waals surface area contributed by atoms with E-state index in [9.17, 15) is 14.7 Å². The maximum Gasteiger partial charge on any atom is 0.223 e. The second-order valence-electron chi connectivity index (χ2n) is 10.8. The molecule has 0 aromatic carbocycles. The third-order valence-corrected chi connectivity index (χ3v) is 8.75. The molecule has 3 N–H and O–H groups in total. The van der Waals surface area contributed by atoms with Crippen molar-refractivity contribution in [1.29, 1.82) is 0 Å². The van der Waals surface area contributed by atoms with Crippen LogP contribution in [0.5, 0.6) is 0 Å². The lowest BCUT2D eigenvalue weighted by Crippen LogP contribution is -2.58. The zero-order chi connectivity index (χ0) is 23.3. The summed E-state index contributed by atoms with van der Waals surface area (Å²) in [6, 6.07) is 0.0652. The van der Waals surface area contributed by atoms with Gasteiger partial charge in [-0.15, -0.1) is 0 Å². The van der Waals surface area contributed by atoms with Crippen LogP contribution in [0, 0.1) is 29.1 Å². The summed E-state index contributed by atoms with van der Waals surface area (Å²) >= 11 is 0. The predicted octanol–water partition coefficient (Wildman–Crippen LogP) is 2.18. The van der Waals surface area contributed by atoms with E-state index in [4.69, 9.17) is 4.74 Å². The van der Waals surface area contributed by atoms with Crippen LogP contribution in [0.1, 0.15) is 65.7 Å². The van der Waals surface area contributed by atoms with Gasteiger partial charge >= 0.3 is 0 Å². The van der Waals surface area contributed by atoms with Crippen molar-refractivity contribution in [3.63, 3.8) is 0 Å². The highest BCUT2D eigenvalue weighted by Crippen LogP contribution is 2.55. The number of aliphatic hydroxyl groups is 1. The number of hydrogen-bond donors (Lipinski definition) is 3. The molecule has 0 bridgehead atoms. The van der Waals surface area contributed by atoms with Crippen molar-refractivity contribution in [2.75, 3.05) is 39.9 Å². The Kier molecular flexibility index (Phi) is 8.98. The highest BCUT2D eigenvalue weighted by Gasteiger charge is 2.53. The van der Waals surface area contributed by atoms with Crippen molar-refractivity contribution in [3.8, 4) is 0 Å². The number of rotatable bonds is 9. The SMILES string of the molecule is COCCC(=O)N[C@H]1CC[C@]2(C)CC[C@H]([C@H](C)C(=O)NCCN3CCCC3)[C@H](O)[C@H]2[C@@H]1C. The fourth-order valence-electron chi connectivity index (χ4n) is 6.67. The molecular formula is C25H45N3O4. The number of carbonyl (C=O) groups excluding carboxylic acids is 2. The van der Waals surface area contributed by atoms with E-state index in [1.807, 2.05) is 6.92 Å². The monoisotopic (exact) mass is 451 g/mol. The van der Waals surface area contributed by atoms with Crippen molar-refractivity contribution >= 4 is 11.8 Å². The average molecular weight is 452 g/mol. The number of nitrogens with zero attached hydrogens (tertiary/aromatic N) is 1. The molecule has 2 saturated carbocycles. The van der Waals surface area contributed by atoms with Gasteiger partial charge in [-0.3, -0.25) is 9.59 Å². The Labute approximate surface area is 194 Å². The first kappa shape index (κ1) is 25.4. The summed E-state index contributed by atoms with van der Waals surface area (Å²) in [4.78, 5) is 27.6. The first-order chi connectivity index (χ1) is 15.3. The van der Waals surface area contributed by atoms with Crippen LogP contribution in [0.2, 0.25) is 0 Å². The van der Waals surface area contributed by atoms with Gasteiger partial charge in [-0.2, -0.15) is 0 Å². The highest BCUT2D eigenvalue weighted by atomic mass is 16.5. The van der Waals surface area contributed by atoms with E-state index in [0.717, 1.165) is 45.3 Å². The van der Waals surface area contributed by atoms with E-state index in [1.165, 1.54) is 12.8 Å². The first-order valence-electron chi connectivity index (χ1n) is 12.7. The van der Waals surface area contributed by atoms with Gasteiger partial charge in [-0.25, -0.2) is 0 Å². The Morgan fingerprint density at radius 2 is 1.91 bits per heavy atom. The van der Waals surface area contributed by atoms with Crippen LogP contribution in [0.3, 0.4) is 0 Å². The molecule has 7 heteroatoms. The van der Waals surface area contributed by atoms with Crippen LogP contribution in [-0.4, -0.2) is 73.9 Å². The Morgan fingerprint density at radius 1 is 1.22 bits per heavy atom. The molecule has 7 atom stereocenters. The van der Waals surface area contributed by atoms with Gasteiger partial charge in [0.2, 0.25) is 11.8 Å². The van der Waals surface area contributed by atoms with Crippen molar-refractivity contribution in [3.05, 3.63) is 0 Å². The van der Waals surface area contributed by atoms with E-state index in [2.05, 4.69) is 29.4 Å². The van der Waals surface area contributed by atoms with Crippen molar-refractivity contribution < 1.29 is 19.4 Å². The Balaban J connectivity index is 1.58. The molecule has 1 heterocycles. The fraction of sp³-hybridized carbons (Fsp3) is 0.920. The molecule has 1 aliphatic heterocycles. The van der Waals surface area contributed by atoms with Crippen molar-refractivity contribution in [1.82, 2.24) is 15.5 Å². The number of hydrogen-bond acceptors (Lipinski definition) is 5. The standard InChI is InChI=1S/C25H45N3O4/c1-17(24(31)26-12-15-28-13-5-6-14-28)19-7-10-25(3)11-8-20(18(2)22(25)23(19)30)27-21(29)9-16-32-4/h17-20,22-23,30H,5-16H2,1-4H3,(H,26,31)(H,27,29)/t17-,18+,19+,20-,22+,23-,25-/m0/s1. The number of likely N-dealkylation sites (tertiary alicyclic amines) is 1. The zero-order valence-corrected chi connectivity index (χ0v) is 20.6. The second kappa shape index (κ2) is 11.3. The molecule has 0 radical (unpaired) electrons. The molecule has 3 rings (SSSR count). The highest BCUT2D eigenvalue weighted by molar-refractivity contribution is 5.78. The normalized spacial score (nSPS) is 36.3. The molecular weight excluding hydrogens is 406 g/mol. The molecule has 2 aliphatic carbocycles. The summed E-state index contributed by atoms with van der Waals surface area (Å²) in [6.45, 7) is 10.7. The first-order valence-corrected chi connectivity index (χ1v) is 12.7. The molecule has 7 nitrogen and oxygen atoms in total. The van der Waals surface area contributed by atoms with Crippen LogP contribution >= 0.6 is 0 Å². The third-order valence-electron chi connectivity index (χ3n) is 8.75. The fourth-order valence-corrected chi connectivity index (χ4v) is 6.67. The summed E-state index contributed by atoms with van der Waals surface area (Å²) in [6.07, 6.45) is 6.19. The van der Waals surface area contributed by atoms with Crippen molar-refractivity contribution in [2.45, 2.75) is 77.9 Å². The second-order valence-corrected chi connectivity index (χ2v) is 10.8. The van der Waals surface area contributed by atoms with Gasteiger partial charge in [-0.05, 0) is 74.8 Å². The maximum atomic E-state index is 12.9. The topological polar surface area (TPSA) is 90.9 Å². The Hall–Kier alpha value is -1.18. The molecule has 0 spiro atoms. The van der Waals surface area contributed by atoms with Gasteiger partial charge in [0.05, 0.1) is 12.7 Å². The minimum atomic E-state index is -0.526. The lowest BCUT2D eigenvalue weighted by atomic mass is 9.51. The number of carbonyl (C=O) groups is 2. The molecule has 1 saturated heterocycles. The van der Waals surface area contributed by atoms with E-state index in [1.54, 1.807) is 7.11 Å². The molecule has 0 unspecified atom stereocenters. The molecule has 2 amide bonds. The molecule has 32 heavy (non-hydrogen) atoms. The number of ether oxygens (including phenoxy) is 1. The van der Waals surface area contributed by atoms with Gasteiger partial charge in [0.25, 0.3) is 0 Å². The number of amides is 2. The Morgan fingerprint density at radius 3 is 2.59 bits per heavy atom. The van der Waals surface area contributed by atoms with Crippen LogP contribution in [0.25, 0.3) is 0 Å². The summed E-state index contributed by atoms with van der Waals surface area (Å²) in [5.74, 6) is 0.0814. The number of nitrogens with one attached hydrogen (secondary N) is 2. The van der Waals surface area contributed by atoms with E-state index < -0.39 is 6.10 Å². The Bertz CT molecular complexity index is 639. The van der Waals surface area contributed by atoms with Gasteiger partial charge in [-0.1, -0.05) is 20.8 Å². The maximum absolute atomic E-state index is 12.9. The number of aliphatic hydroxyl groups excluding tert-OH is 1. The van der Waals surface area contributed by atoms with Crippen LogP contribution in [0.15, 0.2) is 0 Å². The van der Waals surface area contributed by atoms with Crippen molar-refractivity contribution in [2.24, 2.45) is 29.1 Å². The van der Waals surface area contributed by atoms with E-state index >= 15 is 0 Å². The van der Waals surface area contributed by atoms with E-state index in [-0.39, 0.29) is 46.9 Å². The van der Waals surface area contributed by atoms with Crippen LogP contribution < -0.4 is 10.6 Å². The lowest BCUT2D eigenvalue weighted by molar-refractivity contribution is -0.143. The molecule has 0 aromatic heterocycles. The minimum Gasteiger partial charge on any atom is -0.392 e. The number of methoxy groups -OCH3 is 1. The van der Waals surface area contributed by atoms with Crippen LogP contribution in [-0.2, 0) is 14.3 Å². The minimum absolute atomic E-state index is 0.0138. The molecule has 3 aliphatic rings. The van der Waals surface area contributed by atoms with Gasteiger partial charge < -0.3 is 25.4 Å². The quantitative estimate of drug-likeness (QED) is 0.500. The lowest BCUT2D eigenvalue weighted by Gasteiger charge is -2.56. The smallest absolute Gasteiger partial charge is 0.223 e. The summed E-state index contributed by atoms with van der Waals surface area (Å²) in [5, 5.41) is 17.8. The van der Waals surface area contributed by atoms with Crippen LogP contribution in [0.4, 0.5) is 0 Å². The van der Waals surface area contributed by atoms with Gasteiger partial charge in [0.1, 0.15) is 0 Å². The number of fused-ring (bicyclic) bond motifs is 1. The summed E-state index contributed by atoms with van der Waals surface area (Å²) in [5.41, 5.74) is 0.0645. The molecule has 184 valence electrons. The zero-order valence-electron chi connectivity index (χ0n) is 20.6. The third kappa shape index (κ3) is 5.84.